The van der Waals surface area contributed by atoms with Crippen LogP contribution in [0.2, 0.25) is 0 Å². The summed E-state index contributed by atoms with van der Waals surface area (Å²) in [5.74, 6) is -0.0809. The maximum atomic E-state index is 12.4. The molecular weight excluding hydrogens is 281 g/mol. The van der Waals surface area contributed by atoms with Crippen LogP contribution in [0.4, 0.5) is 13.2 Å². The van der Waals surface area contributed by atoms with E-state index < -0.39 is 11.7 Å². The molecule has 0 aliphatic carbocycles. The minimum absolute atomic E-state index is 0.0809. The van der Waals surface area contributed by atoms with Crippen molar-refractivity contribution >= 4 is 5.91 Å². The van der Waals surface area contributed by atoms with Gasteiger partial charge in [0, 0.05) is 13.0 Å². The molecule has 0 aliphatic heterocycles. The molecule has 21 heavy (non-hydrogen) atoms. The first-order chi connectivity index (χ1) is 9.93. The molecular formula is C15H21F3N2O. The van der Waals surface area contributed by atoms with Gasteiger partial charge in [-0.05, 0) is 37.1 Å². The van der Waals surface area contributed by atoms with Crippen LogP contribution in [0.25, 0.3) is 0 Å². The summed E-state index contributed by atoms with van der Waals surface area (Å²) < 4.78 is 37.2. The average molecular weight is 302 g/mol. The van der Waals surface area contributed by atoms with E-state index in [1.165, 1.54) is 12.1 Å². The van der Waals surface area contributed by atoms with Gasteiger partial charge >= 0.3 is 6.18 Å². The van der Waals surface area contributed by atoms with E-state index in [0.29, 0.717) is 18.5 Å². The number of alkyl halides is 3. The molecule has 1 amide bonds. The summed E-state index contributed by atoms with van der Waals surface area (Å²) in [6, 6.07) is 4.80. The minimum Gasteiger partial charge on any atom is -0.352 e. The zero-order valence-corrected chi connectivity index (χ0v) is 11.9. The van der Waals surface area contributed by atoms with Crippen LogP contribution in [0.15, 0.2) is 24.3 Å². The molecule has 0 radical (unpaired) electrons. The van der Waals surface area contributed by atoms with Gasteiger partial charge in [0.05, 0.1) is 5.56 Å². The zero-order chi connectivity index (χ0) is 15.7. The number of hydrogen-bond donors (Lipinski definition) is 2. The number of halogens is 3. The third-order valence-electron chi connectivity index (χ3n) is 3.13. The number of nitrogens with one attached hydrogen (secondary N) is 1. The van der Waals surface area contributed by atoms with E-state index >= 15 is 0 Å². The van der Waals surface area contributed by atoms with Gasteiger partial charge in [0.2, 0.25) is 5.91 Å². The quantitative estimate of drug-likeness (QED) is 0.724. The molecule has 118 valence electrons. The van der Waals surface area contributed by atoms with E-state index in [4.69, 9.17) is 5.73 Å². The van der Waals surface area contributed by atoms with Crippen molar-refractivity contribution in [2.75, 3.05) is 6.54 Å². The Morgan fingerprint density at radius 2 is 1.67 bits per heavy atom. The first kappa shape index (κ1) is 17.5. The molecule has 0 heterocycles. The normalized spacial score (nSPS) is 11.4. The molecule has 1 aromatic carbocycles. The van der Waals surface area contributed by atoms with Gasteiger partial charge in [-0.3, -0.25) is 4.79 Å². The highest BCUT2D eigenvalue weighted by Crippen LogP contribution is 2.28. The standard InChI is InChI=1S/C15H21F3N2O/c16-15(17,18)13-8-6-12(7-9-13)11-20-14(21)5-3-1-2-4-10-19/h6-9H,1-5,10-11,19H2,(H,20,21). The second kappa shape index (κ2) is 8.67. The maximum Gasteiger partial charge on any atom is 0.416 e. The van der Waals surface area contributed by atoms with Crippen LogP contribution in [-0.4, -0.2) is 12.5 Å². The van der Waals surface area contributed by atoms with E-state index in [1.54, 1.807) is 0 Å². The molecule has 0 bridgehead atoms. The van der Waals surface area contributed by atoms with Crippen LogP contribution in [-0.2, 0) is 17.5 Å². The summed E-state index contributed by atoms with van der Waals surface area (Å²) in [6.07, 6.45) is -0.143. The van der Waals surface area contributed by atoms with Gasteiger partial charge in [-0.15, -0.1) is 0 Å². The summed E-state index contributed by atoms with van der Waals surface area (Å²) >= 11 is 0. The monoisotopic (exact) mass is 302 g/mol. The number of benzene rings is 1. The number of nitrogens with two attached hydrogens (primary N) is 1. The number of carbonyl (C=O) groups is 1. The van der Waals surface area contributed by atoms with Crippen LogP contribution < -0.4 is 11.1 Å². The van der Waals surface area contributed by atoms with Gasteiger partial charge in [0.25, 0.3) is 0 Å². The number of hydrogen-bond acceptors (Lipinski definition) is 2. The fourth-order valence-corrected chi connectivity index (χ4v) is 1.88. The summed E-state index contributed by atoms with van der Waals surface area (Å²) in [4.78, 5) is 11.6. The predicted octanol–water partition coefficient (Wildman–Crippen LogP) is 3.23. The van der Waals surface area contributed by atoms with E-state index in [9.17, 15) is 18.0 Å². The number of carbonyl (C=O) groups excluding carboxylic acids is 1. The third kappa shape index (κ3) is 7.13. The summed E-state index contributed by atoms with van der Waals surface area (Å²) in [6.45, 7) is 0.917. The SMILES string of the molecule is NCCCCCCC(=O)NCc1ccc(C(F)(F)F)cc1. The first-order valence-corrected chi connectivity index (χ1v) is 7.06. The second-order valence-electron chi connectivity index (χ2n) is 4.92. The third-order valence-corrected chi connectivity index (χ3v) is 3.13. The molecule has 6 heteroatoms. The highest BCUT2D eigenvalue weighted by atomic mass is 19.4. The van der Waals surface area contributed by atoms with Crippen molar-refractivity contribution in [3.8, 4) is 0 Å². The van der Waals surface area contributed by atoms with Crippen LogP contribution in [0.3, 0.4) is 0 Å². The Hall–Kier alpha value is -1.56. The molecule has 0 aromatic heterocycles. The predicted molar refractivity (Wildman–Crippen MR) is 75.4 cm³/mol. The Morgan fingerprint density at radius 1 is 1.05 bits per heavy atom. The lowest BCUT2D eigenvalue weighted by Gasteiger charge is -2.08. The largest absolute Gasteiger partial charge is 0.416 e. The molecule has 0 atom stereocenters. The van der Waals surface area contributed by atoms with E-state index in [0.717, 1.165) is 37.8 Å². The van der Waals surface area contributed by atoms with Crippen LogP contribution in [0.1, 0.15) is 43.2 Å². The van der Waals surface area contributed by atoms with Crippen molar-refractivity contribution in [1.29, 1.82) is 0 Å². The van der Waals surface area contributed by atoms with Gasteiger partial charge in [0.15, 0.2) is 0 Å². The van der Waals surface area contributed by atoms with Gasteiger partial charge in [0.1, 0.15) is 0 Å². The van der Waals surface area contributed by atoms with Crippen molar-refractivity contribution in [3.63, 3.8) is 0 Å². The van der Waals surface area contributed by atoms with Crippen molar-refractivity contribution in [1.82, 2.24) is 5.32 Å². The van der Waals surface area contributed by atoms with E-state index in [-0.39, 0.29) is 12.5 Å². The van der Waals surface area contributed by atoms with Crippen molar-refractivity contribution in [2.45, 2.75) is 44.8 Å². The van der Waals surface area contributed by atoms with E-state index in [2.05, 4.69) is 5.32 Å². The van der Waals surface area contributed by atoms with Crippen molar-refractivity contribution in [2.24, 2.45) is 5.73 Å². The van der Waals surface area contributed by atoms with Crippen molar-refractivity contribution in [3.05, 3.63) is 35.4 Å². The molecule has 3 N–H and O–H groups in total. The van der Waals surface area contributed by atoms with Gasteiger partial charge in [-0.25, -0.2) is 0 Å². The lowest BCUT2D eigenvalue weighted by molar-refractivity contribution is -0.137. The Balaban J connectivity index is 2.27. The number of unbranched alkanes of at least 4 members (excludes halogenated alkanes) is 3. The summed E-state index contributed by atoms with van der Waals surface area (Å²) in [5, 5.41) is 2.70. The number of rotatable bonds is 8. The lowest BCUT2D eigenvalue weighted by atomic mass is 10.1. The fraction of sp³-hybridized carbons (Fsp3) is 0.533. The van der Waals surface area contributed by atoms with Gasteiger partial charge in [-0.2, -0.15) is 13.2 Å². The Kier molecular flexibility index (Phi) is 7.22. The van der Waals surface area contributed by atoms with Gasteiger partial charge < -0.3 is 11.1 Å². The highest BCUT2D eigenvalue weighted by Gasteiger charge is 2.29. The smallest absolute Gasteiger partial charge is 0.352 e. The molecule has 0 saturated carbocycles. The van der Waals surface area contributed by atoms with Crippen molar-refractivity contribution < 1.29 is 18.0 Å². The molecule has 0 saturated heterocycles. The summed E-state index contributed by atoms with van der Waals surface area (Å²) in [5.41, 5.74) is 5.34. The summed E-state index contributed by atoms with van der Waals surface area (Å²) in [7, 11) is 0. The van der Waals surface area contributed by atoms with Crippen LogP contribution >= 0.6 is 0 Å². The Labute approximate surface area is 122 Å². The maximum absolute atomic E-state index is 12.4. The molecule has 1 rings (SSSR count). The topological polar surface area (TPSA) is 55.1 Å². The second-order valence-corrected chi connectivity index (χ2v) is 4.92. The molecule has 0 spiro atoms. The number of amides is 1. The Morgan fingerprint density at radius 3 is 2.24 bits per heavy atom. The molecule has 0 fully saturated rings. The van der Waals surface area contributed by atoms with Gasteiger partial charge in [-0.1, -0.05) is 25.0 Å². The molecule has 0 unspecified atom stereocenters. The van der Waals surface area contributed by atoms with E-state index in [1.807, 2.05) is 0 Å². The zero-order valence-electron chi connectivity index (χ0n) is 11.9. The highest BCUT2D eigenvalue weighted by molar-refractivity contribution is 5.75. The first-order valence-electron chi connectivity index (χ1n) is 7.06. The minimum atomic E-state index is -4.33. The van der Waals surface area contributed by atoms with Crippen LogP contribution in [0.5, 0.6) is 0 Å². The molecule has 1 aromatic rings. The molecule has 3 nitrogen and oxygen atoms in total. The average Bonchev–Trinajstić information content (AvgIpc) is 2.44. The lowest BCUT2D eigenvalue weighted by Crippen LogP contribution is -2.22. The molecule has 0 aliphatic rings. The Bertz CT molecular complexity index is 430. The fourth-order valence-electron chi connectivity index (χ4n) is 1.88. The van der Waals surface area contributed by atoms with Crippen LogP contribution in [0, 0.1) is 0 Å².